The molecule has 0 aliphatic heterocycles. The number of fused-ring (bicyclic) bond motifs is 1. The third kappa shape index (κ3) is 3.00. The largest absolute Gasteiger partial charge is 0.433 e. The lowest BCUT2D eigenvalue weighted by molar-refractivity contribution is -0.141. The molecule has 2 aromatic rings. The van der Waals surface area contributed by atoms with E-state index in [1.165, 1.54) is 6.92 Å². The highest BCUT2D eigenvalue weighted by atomic mass is 79.9. The summed E-state index contributed by atoms with van der Waals surface area (Å²) in [6, 6.07) is 3.63. The van der Waals surface area contributed by atoms with Gasteiger partial charge in [0.05, 0.1) is 5.52 Å². The van der Waals surface area contributed by atoms with E-state index in [9.17, 15) is 13.2 Å². The zero-order chi connectivity index (χ0) is 15.8. The molecule has 1 N–H and O–H groups in total. The van der Waals surface area contributed by atoms with Crippen molar-refractivity contribution < 1.29 is 13.2 Å². The number of halogens is 4. The first-order chi connectivity index (χ1) is 9.79. The van der Waals surface area contributed by atoms with Crippen LogP contribution in [-0.4, -0.2) is 11.5 Å². The fourth-order valence-corrected chi connectivity index (χ4v) is 2.95. The maximum Gasteiger partial charge on any atom is 0.433 e. The van der Waals surface area contributed by atoms with Crippen LogP contribution in [0.2, 0.25) is 0 Å². The van der Waals surface area contributed by atoms with Gasteiger partial charge >= 0.3 is 6.18 Å². The average molecular weight is 361 g/mol. The van der Waals surface area contributed by atoms with Crippen LogP contribution >= 0.6 is 15.9 Å². The van der Waals surface area contributed by atoms with Gasteiger partial charge in [-0.3, -0.25) is 0 Å². The summed E-state index contributed by atoms with van der Waals surface area (Å²) in [5, 5.41) is 3.77. The molecule has 0 saturated heterocycles. The van der Waals surface area contributed by atoms with Gasteiger partial charge in [0.25, 0.3) is 0 Å². The normalized spacial score (nSPS) is 12.0. The van der Waals surface area contributed by atoms with Crippen molar-refractivity contribution in [1.29, 1.82) is 0 Å². The highest BCUT2D eigenvalue weighted by Crippen LogP contribution is 2.38. The molecule has 0 unspecified atom stereocenters. The highest BCUT2D eigenvalue weighted by molar-refractivity contribution is 9.10. The molecule has 0 bridgehead atoms. The van der Waals surface area contributed by atoms with Crippen molar-refractivity contribution in [3.8, 4) is 0 Å². The molecule has 6 heteroatoms. The summed E-state index contributed by atoms with van der Waals surface area (Å²) in [7, 11) is 0. The molecule has 0 aliphatic rings. The van der Waals surface area contributed by atoms with Gasteiger partial charge in [0.1, 0.15) is 5.69 Å². The van der Waals surface area contributed by atoms with Gasteiger partial charge in [-0.15, -0.1) is 0 Å². The highest BCUT2D eigenvalue weighted by Gasteiger charge is 2.36. The Bertz CT molecular complexity index is 681. The predicted octanol–water partition coefficient (Wildman–Crippen LogP) is 5.32. The second kappa shape index (κ2) is 5.83. The van der Waals surface area contributed by atoms with Crippen molar-refractivity contribution in [3.05, 3.63) is 33.4 Å². The Morgan fingerprint density at radius 1 is 1.24 bits per heavy atom. The van der Waals surface area contributed by atoms with E-state index in [1.807, 2.05) is 26.0 Å². The van der Waals surface area contributed by atoms with Crippen LogP contribution in [0.5, 0.6) is 0 Å². The Labute approximate surface area is 129 Å². The van der Waals surface area contributed by atoms with Crippen molar-refractivity contribution in [3.63, 3.8) is 0 Å². The minimum absolute atomic E-state index is 0.136. The molecule has 0 atom stereocenters. The Balaban J connectivity index is 2.92. The van der Waals surface area contributed by atoms with Gasteiger partial charge in [0, 0.05) is 27.7 Å². The molecule has 21 heavy (non-hydrogen) atoms. The van der Waals surface area contributed by atoms with Crippen molar-refractivity contribution in [2.24, 2.45) is 0 Å². The van der Waals surface area contributed by atoms with E-state index in [0.717, 1.165) is 10.0 Å². The molecule has 1 heterocycles. The van der Waals surface area contributed by atoms with E-state index in [4.69, 9.17) is 0 Å². The number of aryl methyl sites for hydroxylation is 1. The molecule has 0 fully saturated rings. The number of anilines is 1. The Kier molecular flexibility index (Phi) is 4.46. The van der Waals surface area contributed by atoms with Crippen LogP contribution in [-0.2, 0) is 12.6 Å². The monoisotopic (exact) mass is 360 g/mol. The first-order valence-corrected chi connectivity index (χ1v) is 7.52. The van der Waals surface area contributed by atoms with Crippen molar-refractivity contribution in [2.75, 3.05) is 11.9 Å². The van der Waals surface area contributed by atoms with Gasteiger partial charge in [0.15, 0.2) is 0 Å². The van der Waals surface area contributed by atoms with E-state index in [-0.39, 0.29) is 5.56 Å². The predicted molar refractivity (Wildman–Crippen MR) is 82.7 cm³/mol. The molecule has 0 saturated carbocycles. The van der Waals surface area contributed by atoms with E-state index >= 15 is 0 Å². The lowest BCUT2D eigenvalue weighted by Gasteiger charge is -2.18. The van der Waals surface area contributed by atoms with Gasteiger partial charge in [0.2, 0.25) is 0 Å². The van der Waals surface area contributed by atoms with E-state index in [1.54, 1.807) is 0 Å². The van der Waals surface area contributed by atoms with E-state index in [0.29, 0.717) is 29.6 Å². The lowest BCUT2D eigenvalue weighted by atomic mass is 10.0. The summed E-state index contributed by atoms with van der Waals surface area (Å²) in [5.41, 5.74) is 1.03. The quantitative estimate of drug-likeness (QED) is 0.801. The van der Waals surface area contributed by atoms with Gasteiger partial charge < -0.3 is 5.32 Å². The molecule has 1 aromatic heterocycles. The summed E-state index contributed by atoms with van der Waals surface area (Å²) >= 11 is 3.41. The number of alkyl halides is 3. The third-order valence-corrected chi connectivity index (χ3v) is 3.84. The molecule has 2 nitrogen and oxygen atoms in total. The average Bonchev–Trinajstić information content (AvgIpc) is 2.39. The summed E-state index contributed by atoms with van der Waals surface area (Å²) in [4.78, 5) is 3.91. The van der Waals surface area contributed by atoms with Crippen molar-refractivity contribution in [1.82, 2.24) is 4.98 Å². The third-order valence-electron chi connectivity index (χ3n) is 3.38. The Morgan fingerprint density at radius 3 is 2.43 bits per heavy atom. The molecule has 0 aliphatic carbocycles. The molecular weight excluding hydrogens is 345 g/mol. The second-order valence-corrected chi connectivity index (χ2v) is 5.72. The number of hydrogen-bond acceptors (Lipinski definition) is 2. The lowest BCUT2D eigenvalue weighted by Crippen LogP contribution is -2.14. The molecule has 2 rings (SSSR count). The van der Waals surface area contributed by atoms with Crippen LogP contribution < -0.4 is 5.32 Å². The van der Waals surface area contributed by atoms with Crippen molar-refractivity contribution in [2.45, 2.75) is 33.4 Å². The molecule has 0 radical (unpaired) electrons. The molecule has 1 aromatic carbocycles. The smallest absolute Gasteiger partial charge is 0.385 e. The summed E-state index contributed by atoms with van der Waals surface area (Å²) in [6.45, 7) is 5.77. The molecular formula is C15H16BrF3N2. The van der Waals surface area contributed by atoms with Crippen LogP contribution in [0.3, 0.4) is 0 Å². The minimum atomic E-state index is -4.46. The van der Waals surface area contributed by atoms with Crippen LogP contribution in [0.1, 0.15) is 30.7 Å². The van der Waals surface area contributed by atoms with Crippen LogP contribution in [0.15, 0.2) is 16.6 Å². The van der Waals surface area contributed by atoms with Crippen molar-refractivity contribution >= 4 is 32.5 Å². The van der Waals surface area contributed by atoms with Gasteiger partial charge in [-0.1, -0.05) is 22.9 Å². The van der Waals surface area contributed by atoms with Crippen LogP contribution in [0.25, 0.3) is 10.9 Å². The Hall–Kier alpha value is -1.30. The van der Waals surface area contributed by atoms with E-state index in [2.05, 4.69) is 26.2 Å². The van der Waals surface area contributed by atoms with E-state index < -0.39 is 11.9 Å². The minimum Gasteiger partial charge on any atom is -0.385 e. The topological polar surface area (TPSA) is 24.9 Å². The van der Waals surface area contributed by atoms with Crippen LogP contribution in [0.4, 0.5) is 18.9 Å². The number of aromatic nitrogens is 1. The number of nitrogens with zero attached hydrogens (tertiary/aromatic N) is 1. The number of nitrogens with one attached hydrogen (secondary N) is 1. The summed E-state index contributed by atoms with van der Waals surface area (Å²) < 4.78 is 40.5. The second-order valence-electron chi connectivity index (χ2n) is 4.80. The van der Waals surface area contributed by atoms with Gasteiger partial charge in [-0.25, -0.2) is 4.98 Å². The first kappa shape index (κ1) is 16.1. The number of hydrogen-bond donors (Lipinski definition) is 1. The zero-order valence-corrected chi connectivity index (χ0v) is 13.6. The number of benzene rings is 1. The number of pyridine rings is 1. The standard InChI is InChI=1S/C15H16BrF3N2/c1-4-9-6-10(16)7-11-12(20-5-2)8(3)14(15(17,18)19)21-13(9)11/h6-7H,4-5H2,1-3H3,(H,20,21). The molecule has 114 valence electrons. The van der Waals surface area contributed by atoms with Gasteiger partial charge in [-0.05, 0) is 38.0 Å². The van der Waals surface area contributed by atoms with Crippen LogP contribution in [0, 0.1) is 6.92 Å². The maximum absolute atomic E-state index is 13.2. The summed E-state index contributed by atoms with van der Waals surface area (Å²) in [6.07, 6.45) is -3.84. The first-order valence-electron chi connectivity index (χ1n) is 6.73. The fraction of sp³-hybridized carbons (Fsp3) is 0.400. The fourth-order valence-electron chi connectivity index (χ4n) is 2.44. The zero-order valence-electron chi connectivity index (χ0n) is 12.0. The number of rotatable bonds is 3. The van der Waals surface area contributed by atoms with Gasteiger partial charge in [-0.2, -0.15) is 13.2 Å². The molecule has 0 amide bonds. The molecule has 0 spiro atoms. The summed E-state index contributed by atoms with van der Waals surface area (Å²) in [5.74, 6) is 0. The maximum atomic E-state index is 13.2. The SMILES string of the molecule is CCNc1c(C)c(C(F)(F)F)nc2c(CC)cc(Br)cc12. The Morgan fingerprint density at radius 2 is 1.90 bits per heavy atom.